The first-order valence-corrected chi connectivity index (χ1v) is 5.74. The van der Waals surface area contributed by atoms with Gasteiger partial charge in [0.2, 0.25) is 0 Å². The van der Waals surface area contributed by atoms with Crippen molar-refractivity contribution in [1.29, 1.82) is 0 Å². The van der Waals surface area contributed by atoms with Crippen molar-refractivity contribution in [2.75, 3.05) is 18.5 Å². The van der Waals surface area contributed by atoms with E-state index >= 15 is 0 Å². The van der Waals surface area contributed by atoms with Crippen LogP contribution < -0.4 is 10.6 Å². The number of nitrogens with two attached hydrogens (primary N) is 1. The Morgan fingerprint density at radius 2 is 1.94 bits per heavy atom. The lowest BCUT2D eigenvalue weighted by molar-refractivity contribution is 0.556. The second kappa shape index (κ2) is 5.06. The van der Waals surface area contributed by atoms with E-state index in [1.54, 1.807) is 12.5 Å². The minimum absolute atomic E-state index is 0.149. The summed E-state index contributed by atoms with van der Waals surface area (Å²) >= 11 is 0. The van der Waals surface area contributed by atoms with Gasteiger partial charge in [0.1, 0.15) is 0 Å². The monoisotopic (exact) mass is 230 g/mol. The summed E-state index contributed by atoms with van der Waals surface area (Å²) in [5.41, 5.74) is 9.37. The van der Waals surface area contributed by atoms with Gasteiger partial charge in [-0.3, -0.25) is 0 Å². The number of hydrogen-bond acceptors (Lipinski definition) is 3. The van der Waals surface area contributed by atoms with Gasteiger partial charge in [-0.25, -0.2) is 0 Å². The van der Waals surface area contributed by atoms with E-state index in [9.17, 15) is 0 Å². The highest BCUT2D eigenvalue weighted by Gasteiger charge is 2.16. The van der Waals surface area contributed by atoms with Gasteiger partial charge in [-0.1, -0.05) is 17.7 Å². The summed E-state index contributed by atoms with van der Waals surface area (Å²) in [6, 6.07) is 10.5. The zero-order chi connectivity index (χ0) is 12.3. The molecule has 1 aromatic heterocycles. The van der Waals surface area contributed by atoms with Gasteiger partial charge >= 0.3 is 0 Å². The van der Waals surface area contributed by atoms with Gasteiger partial charge in [0, 0.05) is 24.8 Å². The first-order chi connectivity index (χ1) is 8.22. The predicted octanol–water partition coefficient (Wildman–Crippen LogP) is 2.72. The van der Waals surface area contributed by atoms with Crippen LogP contribution in [0.3, 0.4) is 0 Å². The molecule has 0 aliphatic carbocycles. The Morgan fingerprint density at radius 1 is 1.24 bits per heavy atom. The fraction of sp³-hybridized carbons (Fsp3) is 0.286. The van der Waals surface area contributed by atoms with Crippen LogP contribution in [0.4, 0.5) is 5.69 Å². The molecule has 0 fully saturated rings. The highest BCUT2D eigenvalue weighted by Crippen LogP contribution is 2.25. The molecule has 0 bridgehead atoms. The Morgan fingerprint density at radius 3 is 2.47 bits per heavy atom. The summed E-state index contributed by atoms with van der Waals surface area (Å²) in [5.74, 6) is 0. The average Bonchev–Trinajstić information content (AvgIpc) is 2.84. The van der Waals surface area contributed by atoms with Crippen molar-refractivity contribution in [2.45, 2.75) is 13.0 Å². The topological polar surface area (TPSA) is 42.4 Å². The van der Waals surface area contributed by atoms with E-state index in [2.05, 4.69) is 43.1 Å². The SMILES string of the molecule is Cc1ccc(N(C)C(CN)c2ccoc2)cc1. The summed E-state index contributed by atoms with van der Waals surface area (Å²) < 4.78 is 5.12. The van der Waals surface area contributed by atoms with Crippen LogP contribution in [-0.4, -0.2) is 13.6 Å². The lowest BCUT2D eigenvalue weighted by Crippen LogP contribution is -2.30. The predicted molar refractivity (Wildman–Crippen MR) is 70.1 cm³/mol. The van der Waals surface area contributed by atoms with E-state index in [4.69, 9.17) is 10.2 Å². The molecule has 2 aromatic rings. The van der Waals surface area contributed by atoms with Crippen LogP contribution >= 0.6 is 0 Å². The standard InChI is InChI=1S/C14H18N2O/c1-11-3-5-13(6-4-11)16(2)14(9-15)12-7-8-17-10-12/h3-8,10,14H,9,15H2,1-2H3. The van der Waals surface area contributed by atoms with E-state index in [1.165, 1.54) is 5.56 Å². The molecular formula is C14H18N2O. The zero-order valence-electron chi connectivity index (χ0n) is 10.3. The molecule has 0 radical (unpaired) electrons. The van der Waals surface area contributed by atoms with Crippen molar-refractivity contribution in [3.63, 3.8) is 0 Å². The Kier molecular flexibility index (Phi) is 3.49. The number of anilines is 1. The van der Waals surface area contributed by atoms with Gasteiger partial charge in [0.15, 0.2) is 0 Å². The molecule has 1 atom stereocenters. The van der Waals surface area contributed by atoms with E-state index in [0.29, 0.717) is 6.54 Å². The van der Waals surface area contributed by atoms with E-state index in [-0.39, 0.29) is 6.04 Å². The Labute approximate surface area is 102 Å². The molecule has 0 spiro atoms. The van der Waals surface area contributed by atoms with Crippen LogP contribution in [0.2, 0.25) is 0 Å². The quantitative estimate of drug-likeness (QED) is 0.878. The molecule has 1 heterocycles. The van der Waals surface area contributed by atoms with Gasteiger partial charge in [0.25, 0.3) is 0 Å². The summed E-state index contributed by atoms with van der Waals surface area (Å²) in [6.07, 6.45) is 3.43. The smallest absolute Gasteiger partial charge is 0.0955 e. The number of hydrogen-bond donors (Lipinski definition) is 1. The van der Waals surface area contributed by atoms with Crippen LogP contribution in [0.15, 0.2) is 47.3 Å². The second-order valence-electron chi connectivity index (χ2n) is 4.25. The normalized spacial score (nSPS) is 12.4. The number of likely N-dealkylation sites (N-methyl/N-ethyl adjacent to an activating group) is 1. The summed E-state index contributed by atoms with van der Waals surface area (Å²) in [7, 11) is 2.05. The van der Waals surface area contributed by atoms with E-state index < -0.39 is 0 Å². The molecule has 2 N–H and O–H groups in total. The maximum Gasteiger partial charge on any atom is 0.0955 e. The molecule has 1 unspecified atom stereocenters. The molecular weight excluding hydrogens is 212 g/mol. The number of furan rings is 1. The Balaban J connectivity index is 2.23. The number of nitrogens with zero attached hydrogens (tertiary/aromatic N) is 1. The van der Waals surface area contributed by atoms with Crippen molar-refractivity contribution in [1.82, 2.24) is 0 Å². The Bertz CT molecular complexity index is 448. The molecule has 2 rings (SSSR count). The largest absolute Gasteiger partial charge is 0.472 e. The molecule has 3 nitrogen and oxygen atoms in total. The molecule has 90 valence electrons. The molecule has 0 amide bonds. The highest BCUT2D eigenvalue weighted by molar-refractivity contribution is 5.49. The summed E-state index contributed by atoms with van der Waals surface area (Å²) in [6.45, 7) is 2.64. The molecule has 1 aromatic carbocycles. The van der Waals surface area contributed by atoms with Crippen LogP contribution in [0.5, 0.6) is 0 Å². The van der Waals surface area contributed by atoms with Crippen LogP contribution in [-0.2, 0) is 0 Å². The fourth-order valence-corrected chi connectivity index (χ4v) is 1.94. The lowest BCUT2D eigenvalue weighted by Gasteiger charge is -2.28. The summed E-state index contributed by atoms with van der Waals surface area (Å²) in [5, 5.41) is 0. The molecule has 0 aliphatic rings. The highest BCUT2D eigenvalue weighted by atomic mass is 16.3. The summed E-state index contributed by atoms with van der Waals surface area (Å²) in [4.78, 5) is 2.17. The minimum Gasteiger partial charge on any atom is -0.472 e. The van der Waals surface area contributed by atoms with Crippen molar-refractivity contribution in [3.05, 3.63) is 54.0 Å². The molecule has 17 heavy (non-hydrogen) atoms. The molecule has 0 aliphatic heterocycles. The number of rotatable bonds is 4. The molecule has 0 saturated carbocycles. The van der Waals surface area contributed by atoms with Gasteiger partial charge in [0.05, 0.1) is 18.6 Å². The van der Waals surface area contributed by atoms with Crippen molar-refractivity contribution >= 4 is 5.69 Å². The first-order valence-electron chi connectivity index (χ1n) is 5.74. The van der Waals surface area contributed by atoms with Gasteiger partial charge in [-0.05, 0) is 25.1 Å². The third-order valence-corrected chi connectivity index (χ3v) is 3.06. The zero-order valence-corrected chi connectivity index (χ0v) is 10.3. The third kappa shape index (κ3) is 2.50. The van der Waals surface area contributed by atoms with Crippen molar-refractivity contribution < 1.29 is 4.42 Å². The molecule has 0 saturated heterocycles. The second-order valence-corrected chi connectivity index (χ2v) is 4.25. The van der Waals surface area contributed by atoms with Gasteiger partial charge < -0.3 is 15.1 Å². The van der Waals surface area contributed by atoms with Crippen molar-refractivity contribution in [2.24, 2.45) is 5.73 Å². The average molecular weight is 230 g/mol. The maximum atomic E-state index is 5.85. The fourth-order valence-electron chi connectivity index (χ4n) is 1.94. The van der Waals surface area contributed by atoms with Crippen LogP contribution in [0, 0.1) is 6.92 Å². The number of benzene rings is 1. The number of aryl methyl sites for hydroxylation is 1. The van der Waals surface area contributed by atoms with Crippen molar-refractivity contribution in [3.8, 4) is 0 Å². The van der Waals surface area contributed by atoms with Gasteiger partial charge in [-0.15, -0.1) is 0 Å². The minimum atomic E-state index is 0.149. The van der Waals surface area contributed by atoms with E-state index in [0.717, 1.165) is 11.3 Å². The van der Waals surface area contributed by atoms with E-state index in [1.807, 2.05) is 6.07 Å². The Hall–Kier alpha value is -1.74. The van der Waals surface area contributed by atoms with Crippen LogP contribution in [0.25, 0.3) is 0 Å². The lowest BCUT2D eigenvalue weighted by atomic mass is 10.1. The first kappa shape index (κ1) is 11.7. The van der Waals surface area contributed by atoms with Crippen LogP contribution in [0.1, 0.15) is 17.2 Å². The van der Waals surface area contributed by atoms with Gasteiger partial charge in [-0.2, -0.15) is 0 Å². The third-order valence-electron chi connectivity index (χ3n) is 3.06. The molecule has 3 heteroatoms. The maximum absolute atomic E-state index is 5.85.